The first-order valence-corrected chi connectivity index (χ1v) is 6.85. The van der Waals surface area contributed by atoms with Gasteiger partial charge in [-0.1, -0.05) is 13.8 Å². The maximum Gasteiger partial charge on any atom is 0.323 e. The van der Waals surface area contributed by atoms with Gasteiger partial charge in [-0.05, 0) is 18.8 Å². The largest absolute Gasteiger partial charge is 0.480 e. The number of likely N-dealkylation sites (tertiary alicyclic amines) is 1. The first kappa shape index (κ1) is 16.3. The van der Waals surface area contributed by atoms with Crippen molar-refractivity contribution in [3.8, 4) is 0 Å². The number of likely N-dealkylation sites (N-methyl/N-ethyl adjacent to an activating group) is 1. The van der Waals surface area contributed by atoms with Crippen LogP contribution in [0.15, 0.2) is 0 Å². The van der Waals surface area contributed by atoms with E-state index in [0.29, 0.717) is 19.5 Å². The summed E-state index contributed by atoms with van der Waals surface area (Å²) in [6, 6.07) is -0.858. The first-order valence-electron chi connectivity index (χ1n) is 6.85. The van der Waals surface area contributed by atoms with Crippen LogP contribution in [0, 0.1) is 5.92 Å². The van der Waals surface area contributed by atoms with Crippen molar-refractivity contribution in [1.29, 1.82) is 0 Å². The zero-order valence-corrected chi connectivity index (χ0v) is 12.3. The molecule has 0 spiro atoms. The van der Waals surface area contributed by atoms with Gasteiger partial charge in [-0.25, -0.2) is 4.79 Å². The number of urea groups is 1. The molecule has 20 heavy (non-hydrogen) atoms. The van der Waals surface area contributed by atoms with Crippen LogP contribution in [0.5, 0.6) is 0 Å². The summed E-state index contributed by atoms with van der Waals surface area (Å²) in [6.45, 7) is 4.35. The molecule has 1 unspecified atom stereocenters. The molecule has 0 saturated carbocycles. The van der Waals surface area contributed by atoms with Gasteiger partial charge in [0.1, 0.15) is 12.6 Å². The van der Waals surface area contributed by atoms with E-state index in [4.69, 9.17) is 5.11 Å². The van der Waals surface area contributed by atoms with Crippen LogP contribution in [0.1, 0.15) is 26.7 Å². The van der Waals surface area contributed by atoms with Crippen LogP contribution in [0.3, 0.4) is 0 Å². The molecule has 0 radical (unpaired) electrons. The van der Waals surface area contributed by atoms with Crippen molar-refractivity contribution in [3.63, 3.8) is 0 Å². The van der Waals surface area contributed by atoms with Crippen molar-refractivity contribution >= 4 is 17.9 Å². The summed E-state index contributed by atoms with van der Waals surface area (Å²) < 4.78 is 0. The molecule has 0 aromatic carbocycles. The molecule has 0 aromatic rings. The molecule has 1 atom stereocenters. The second-order valence-corrected chi connectivity index (χ2v) is 5.42. The molecule has 3 amide bonds. The lowest BCUT2D eigenvalue weighted by Gasteiger charge is -2.31. The monoisotopic (exact) mass is 285 g/mol. The third-order valence-corrected chi connectivity index (χ3v) is 3.23. The number of hydrogen-bond donors (Lipinski definition) is 2. The summed E-state index contributed by atoms with van der Waals surface area (Å²) in [5, 5.41) is 11.5. The number of rotatable bonds is 5. The summed E-state index contributed by atoms with van der Waals surface area (Å²) >= 11 is 0. The molecular weight excluding hydrogens is 262 g/mol. The Bertz CT molecular complexity index is 384. The third kappa shape index (κ3) is 4.11. The minimum Gasteiger partial charge on any atom is -0.480 e. The molecule has 7 heteroatoms. The van der Waals surface area contributed by atoms with Gasteiger partial charge in [0.15, 0.2) is 0 Å². The van der Waals surface area contributed by atoms with E-state index in [9.17, 15) is 14.4 Å². The fourth-order valence-corrected chi connectivity index (χ4v) is 2.43. The average molecular weight is 285 g/mol. The van der Waals surface area contributed by atoms with E-state index in [1.54, 1.807) is 0 Å². The number of nitrogens with zero attached hydrogens (tertiary/aromatic N) is 2. The maximum absolute atomic E-state index is 12.5. The Morgan fingerprint density at radius 1 is 1.40 bits per heavy atom. The lowest BCUT2D eigenvalue weighted by atomic mass is 10.2. The minimum atomic E-state index is -1.05. The molecule has 1 aliphatic rings. The van der Waals surface area contributed by atoms with Crippen molar-refractivity contribution in [2.75, 3.05) is 26.7 Å². The molecule has 1 rings (SSSR count). The van der Waals surface area contributed by atoms with Crippen LogP contribution in [0.25, 0.3) is 0 Å². The SMILES string of the molecule is CNC(=O)C1CCCN1C(=O)N(CC(=O)O)CC(C)C. The predicted molar refractivity (Wildman–Crippen MR) is 73.2 cm³/mol. The minimum absolute atomic E-state index is 0.166. The van der Waals surface area contributed by atoms with E-state index in [1.165, 1.54) is 16.8 Å². The van der Waals surface area contributed by atoms with Gasteiger partial charge >= 0.3 is 12.0 Å². The number of amides is 3. The highest BCUT2D eigenvalue weighted by Crippen LogP contribution is 2.19. The van der Waals surface area contributed by atoms with Crippen LogP contribution >= 0.6 is 0 Å². The lowest BCUT2D eigenvalue weighted by Crippen LogP contribution is -2.52. The zero-order valence-electron chi connectivity index (χ0n) is 12.3. The van der Waals surface area contributed by atoms with Gasteiger partial charge in [-0.15, -0.1) is 0 Å². The van der Waals surface area contributed by atoms with Crippen LogP contribution in [0.2, 0.25) is 0 Å². The van der Waals surface area contributed by atoms with Crippen molar-refractivity contribution < 1.29 is 19.5 Å². The Balaban J connectivity index is 2.81. The van der Waals surface area contributed by atoms with E-state index >= 15 is 0 Å². The number of carbonyl (C=O) groups is 3. The summed E-state index contributed by atoms with van der Waals surface area (Å²) in [6.07, 6.45) is 1.38. The Morgan fingerprint density at radius 2 is 2.05 bits per heavy atom. The molecule has 0 bridgehead atoms. The number of nitrogens with one attached hydrogen (secondary N) is 1. The molecule has 1 saturated heterocycles. The van der Waals surface area contributed by atoms with Gasteiger partial charge in [0.25, 0.3) is 0 Å². The topological polar surface area (TPSA) is 90.0 Å². The molecule has 0 aliphatic carbocycles. The van der Waals surface area contributed by atoms with Gasteiger partial charge in [0, 0.05) is 20.1 Å². The molecule has 1 fully saturated rings. The predicted octanol–water partition coefficient (Wildman–Crippen LogP) is 0.359. The molecular formula is C13H23N3O4. The van der Waals surface area contributed by atoms with Gasteiger partial charge < -0.3 is 20.2 Å². The summed E-state index contributed by atoms with van der Waals surface area (Å²) in [7, 11) is 1.53. The molecule has 1 heterocycles. The first-order chi connectivity index (χ1) is 9.36. The van der Waals surface area contributed by atoms with Crippen LogP contribution in [-0.4, -0.2) is 65.5 Å². The van der Waals surface area contributed by atoms with Crippen LogP contribution in [-0.2, 0) is 9.59 Å². The number of carbonyl (C=O) groups excluding carboxylic acids is 2. The normalized spacial score (nSPS) is 18.2. The van der Waals surface area contributed by atoms with Gasteiger partial charge in [-0.3, -0.25) is 9.59 Å². The van der Waals surface area contributed by atoms with E-state index in [-0.39, 0.29) is 24.4 Å². The average Bonchev–Trinajstić information content (AvgIpc) is 2.84. The highest BCUT2D eigenvalue weighted by molar-refractivity contribution is 5.88. The molecule has 0 aromatic heterocycles. The Labute approximate surface area is 118 Å². The summed E-state index contributed by atoms with van der Waals surface area (Å²) in [5.41, 5.74) is 0. The maximum atomic E-state index is 12.5. The standard InChI is InChI=1S/C13H23N3O4/c1-9(2)7-15(8-11(17)18)13(20)16-6-4-5-10(16)12(19)14-3/h9-10H,4-8H2,1-3H3,(H,14,19)(H,17,18). The van der Waals surface area contributed by atoms with Crippen molar-refractivity contribution in [1.82, 2.24) is 15.1 Å². The Hall–Kier alpha value is -1.79. The third-order valence-electron chi connectivity index (χ3n) is 3.23. The Kier molecular flexibility index (Phi) is 5.79. The fourth-order valence-electron chi connectivity index (χ4n) is 2.43. The number of hydrogen-bond acceptors (Lipinski definition) is 3. The van der Waals surface area contributed by atoms with Crippen LogP contribution in [0.4, 0.5) is 4.79 Å². The molecule has 1 aliphatic heterocycles. The zero-order chi connectivity index (χ0) is 15.3. The number of carboxylic acids is 1. The number of aliphatic carboxylic acids is 1. The molecule has 114 valence electrons. The van der Waals surface area contributed by atoms with E-state index in [2.05, 4.69) is 5.32 Å². The van der Waals surface area contributed by atoms with E-state index in [1.807, 2.05) is 13.8 Å². The molecule has 2 N–H and O–H groups in total. The Morgan fingerprint density at radius 3 is 2.55 bits per heavy atom. The van der Waals surface area contributed by atoms with Gasteiger partial charge in [-0.2, -0.15) is 0 Å². The highest BCUT2D eigenvalue weighted by atomic mass is 16.4. The lowest BCUT2D eigenvalue weighted by molar-refractivity contribution is -0.137. The van der Waals surface area contributed by atoms with Crippen molar-refractivity contribution in [3.05, 3.63) is 0 Å². The smallest absolute Gasteiger partial charge is 0.323 e. The highest BCUT2D eigenvalue weighted by Gasteiger charge is 2.36. The summed E-state index contributed by atoms with van der Waals surface area (Å²) in [5.74, 6) is -1.08. The fraction of sp³-hybridized carbons (Fsp3) is 0.769. The van der Waals surface area contributed by atoms with Crippen molar-refractivity contribution in [2.24, 2.45) is 5.92 Å². The van der Waals surface area contributed by atoms with Crippen molar-refractivity contribution in [2.45, 2.75) is 32.7 Å². The second kappa shape index (κ2) is 7.12. The van der Waals surface area contributed by atoms with Gasteiger partial charge in [0.05, 0.1) is 0 Å². The second-order valence-electron chi connectivity index (χ2n) is 5.42. The van der Waals surface area contributed by atoms with Gasteiger partial charge in [0.2, 0.25) is 5.91 Å². The quantitative estimate of drug-likeness (QED) is 0.763. The number of carboxylic acid groups (broad SMARTS) is 1. The molecule has 7 nitrogen and oxygen atoms in total. The van der Waals surface area contributed by atoms with E-state index < -0.39 is 12.0 Å². The van der Waals surface area contributed by atoms with Crippen LogP contribution < -0.4 is 5.32 Å². The summed E-state index contributed by atoms with van der Waals surface area (Å²) in [4.78, 5) is 37.9. The van der Waals surface area contributed by atoms with E-state index in [0.717, 1.165) is 6.42 Å².